The number of amides is 1. The summed E-state index contributed by atoms with van der Waals surface area (Å²) < 4.78 is 11.1. The molecule has 1 aliphatic rings. The van der Waals surface area contributed by atoms with E-state index in [1.54, 1.807) is 6.07 Å². The lowest BCUT2D eigenvalue weighted by molar-refractivity contribution is -0.130. The van der Waals surface area contributed by atoms with Gasteiger partial charge in [0.2, 0.25) is 6.10 Å². The molecule has 21 heavy (non-hydrogen) atoms. The summed E-state index contributed by atoms with van der Waals surface area (Å²) in [5, 5.41) is 4.11. The number of hydrogen-bond acceptors (Lipinski definition) is 4. The van der Waals surface area contributed by atoms with Crippen molar-refractivity contribution in [3.05, 3.63) is 24.3 Å². The second-order valence-corrected chi connectivity index (χ2v) is 5.62. The molecule has 114 valence electrons. The minimum Gasteiger partial charge on any atom is -0.485 e. The number of rotatable bonds is 5. The quantitative estimate of drug-likeness (QED) is 0.670. The molecule has 2 rings (SSSR count). The van der Waals surface area contributed by atoms with E-state index in [2.05, 4.69) is 24.4 Å². The summed E-state index contributed by atoms with van der Waals surface area (Å²) in [4.78, 5) is 12.0. The van der Waals surface area contributed by atoms with Crippen LogP contribution in [0.2, 0.25) is 0 Å². The van der Waals surface area contributed by atoms with Gasteiger partial charge in [0.1, 0.15) is 6.61 Å². The maximum atomic E-state index is 12.0. The van der Waals surface area contributed by atoms with Gasteiger partial charge in [0.25, 0.3) is 5.91 Å². The highest BCUT2D eigenvalue weighted by Gasteiger charge is 2.27. The zero-order chi connectivity index (χ0) is 15.2. The monoisotopic (exact) mass is 290 g/mol. The van der Waals surface area contributed by atoms with Gasteiger partial charge in [0.05, 0.1) is 0 Å². The van der Waals surface area contributed by atoms with Crippen molar-refractivity contribution in [2.75, 3.05) is 6.61 Å². The second-order valence-electron chi connectivity index (χ2n) is 5.62. The third-order valence-corrected chi connectivity index (χ3v) is 3.24. The van der Waals surface area contributed by atoms with Gasteiger partial charge in [-0.1, -0.05) is 26.0 Å². The predicted molar refractivity (Wildman–Crippen MR) is 81.7 cm³/mol. The summed E-state index contributed by atoms with van der Waals surface area (Å²) in [6.45, 7) is 6.44. The Kier molecular flexibility index (Phi) is 5.20. The summed E-state index contributed by atoms with van der Waals surface area (Å²) in [7, 11) is 0. The number of fused-ring (bicyclic) bond motifs is 1. The summed E-state index contributed by atoms with van der Waals surface area (Å²) >= 11 is 0. The van der Waals surface area contributed by atoms with Crippen LogP contribution in [0.5, 0.6) is 11.5 Å². The van der Waals surface area contributed by atoms with Crippen LogP contribution < -0.4 is 14.9 Å². The number of nitrogens with one attached hydrogen (secondary N) is 1. The molecule has 0 aliphatic carbocycles. The highest BCUT2D eigenvalue weighted by molar-refractivity contribution is 5.86. The van der Waals surface area contributed by atoms with Crippen LogP contribution in [0.4, 0.5) is 0 Å². The van der Waals surface area contributed by atoms with E-state index in [-0.39, 0.29) is 12.5 Å². The van der Waals surface area contributed by atoms with Crippen molar-refractivity contribution in [2.45, 2.75) is 39.7 Å². The van der Waals surface area contributed by atoms with Gasteiger partial charge in [-0.3, -0.25) is 4.79 Å². The van der Waals surface area contributed by atoms with Crippen LogP contribution in [0.15, 0.2) is 29.4 Å². The van der Waals surface area contributed by atoms with Crippen LogP contribution in [0, 0.1) is 5.92 Å². The van der Waals surface area contributed by atoms with E-state index in [0.29, 0.717) is 17.4 Å². The lowest BCUT2D eigenvalue weighted by Crippen LogP contribution is -2.42. The fourth-order valence-electron chi connectivity index (χ4n) is 1.92. The van der Waals surface area contributed by atoms with Gasteiger partial charge >= 0.3 is 0 Å². The fourth-order valence-corrected chi connectivity index (χ4v) is 1.92. The highest BCUT2D eigenvalue weighted by Crippen LogP contribution is 2.30. The topological polar surface area (TPSA) is 59.9 Å². The van der Waals surface area contributed by atoms with Crippen molar-refractivity contribution in [3.63, 3.8) is 0 Å². The van der Waals surface area contributed by atoms with Crippen molar-refractivity contribution in [1.29, 1.82) is 0 Å². The second kappa shape index (κ2) is 7.11. The van der Waals surface area contributed by atoms with Crippen LogP contribution in [-0.2, 0) is 4.79 Å². The predicted octanol–water partition coefficient (Wildman–Crippen LogP) is 2.75. The Balaban J connectivity index is 1.86. The van der Waals surface area contributed by atoms with Crippen molar-refractivity contribution in [2.24, 2.45) is 11.0 Å². The Morgan fingerprint density at radius 2 is 2.10 bits per heavy atom. The number of hydrazone groups is 1. The fraction of sp³-hybridized carbons (Fsp3) is 0.500. The SMILES string of the molecule is C/C(CCC(C)C)=N\NC(=O)C1COc2ccccc2O1. The van der Waals surface area contributed by atoms with E-state index >= 15 is 0 Å². The van der Waals surface area contributed by atoms with Crippen LogP contribution in [0.1, 0.15) is 33.6 Å². The first-order valence-electron chi connectivity index (χ1n) is 7.27. The number of para-hydroxylation sites is 2. The maximum Gasteiger partial charge on any atom is 0.284 e. The number of hydrogen-bond donors (Lipinski definition) is 1. The normalized spacial score (nSPS) is 17.7. The van der Waals surface area contributed by atoms with E-state index in [9.17, 15) is 4.79 Å². The lowest BCUT2D eigenvalue weighted by Gasteiger charge is -2.24. The molecule has 0 aromatic heterocycles. The molecule has 1 N–H and O–H groups in total. The van der Waals surface area contributed by atoms with E-state index in [1.807, 2.05) is 25.1 Å². The molecule has 5 heteroatoms. The Bertz CT molecular complexity index is 526. The molecular weight excluding hydrogens is 268 g/mol. The minimum absolute atomic E-state index is 0.198. The van der Waals surface area contributed by atoms with Gasteiger partial charge in [-0.2, -0.15) is 5.10 Å². The first-order valence-corrected chi connectivity index (χ1v) is 7.27. The molecule has 0 bridgehead atoms. The zero-order valence-corrected chi connectivity index (χ0v) is 12.8. The molecule has 1 aromatic rings. The smallest absolute Gasteiger partial charge is 0.284 e. The Morgan fingerprint density at radius 1 is 1.38 bits per heavy atom. The van der Waals surface area contributed by atoms with E-state index in [1.165, 1.54) is 0 Å². The summed E-state index contributed by atoms with van der Waals surface area (Å²) in [6.07, 6.45) is 1.27. The molecule has 0 saturated carbocycles. The van der Waals surface area contributed by atoms with Crippen LogP contribution in [0.3, 0.4) is 0 Å². The highest BCUT2D eigenvalue weighted by atomic mass is 16.6. The maximum absolute atomic E-state index is 12.0. The summed E-state index contributed by atoms with van der Waals surface area (Å²) in [5.74, 6) is 1.59. The zero-order valence-electron chi connectivity index (χ0n) is 12.8. The molecule has 1 heterocycles. The lowest BCUT2D eigenvalue weighted by atomic mass is 10.1. The number of nitrogens with zero attached hydrogens (tertiary/aromatic N) is 1. The molecular formula is C16H22N2O3. The van der Waals surface area contributed by atoms with Gasteiger partial charge in [-0.05, 0) is 37.8 Å². The third-order valence-electron chi connectivity index (χ3n) is 3.24. The molecule has 1 amide bonds. The molecule has 1 atom stereocenters. The standard InChI is InChI=1S/C16H22N2O3/c1-11(2)8-9-12(3)17-18-16(19)15-10-20-13-6-4-5-7-14(13)21-15/h4-7,11,15H,8-10H2,1-3H3,(H,18,19)/b17-12+. The number of carbonyl (C=O) groups is 1. The molecule has 0 saturated heterocycles. The number of ether oxygens (including phenoxy) is 2. The molecule has 0 fully saturated rings. The van der Waals surface area contributed by atoms with Gasteiger partial charge in [0, 0.05) is 5.71 Å². The average molecular weight is 290 g/mol. The first-order chi connectivity index (χ1) is 10.1. The summed E-state index contributed by atoms with van der Waals surface area (Å²) in [5.41, 5.74) is 3.46. The van der Waals surface area contributed by atoms with Crippen LogP contribution >= 0.6 is 0 Å². The van der Waals surface area contributed by atoms with Crippen molar-refractivity contribution < 1.29 is 14.3 Å². The van der Waals surface area contributed by atoms with Gasteiger partial charge in [-0.15, -0.1) is 0 Å². The Morgan fingerprint density at radius 3 is 2.81 bits per heavy atom. The minimum atomic E-state index is -0.665. The van der Waals surface area contributed by atoms with Crippen LogP contribution in [-0.4, -0.2) is 24.3 Å². The van der Waals surface area contributed by atoms with E-state index < -0.39 is 6.10 Å². The Labute approximate surface area is 125 Å². The largest absolute Gasteiger partial charge is 0.485 e. The van der Waals surface area contributed by atoms with E-state index in [4.69, 9.17) is 9.47 Å². The van der Waals surface area contributed by atoms with Crippen LogP contribution in [0.25, 0.3) is 0 Å². The molecule has 1 aromatic carbocycles. The number of benzene rings is 1. The Hall–Kier alpha value is -2.04. The number of carbonyl (C=O) groups excluding carboxylic acids is 1. The first kappa shape index (κ1) is 15.4. The van der Waals surface area contributed by atoms with Crippen molar-refractivity contribution in [3.8, 4) is 11.5 Å². The third kappa shape index (κ3) is 4.48. The summed E-state index contributed by atoms with van der Waals surface area (Å²) in [6, 6.07) is 7.31. The molecule has 0 radical (unpaired) electrons. The molecule has 1 unspecified atom stereocenters. The van der Waals surface area contributed by atoms with Gasteiger partial charge in [-0.25, -0.2) is 5.43 Å². The van der Waals surface area contributed by atoms with Crippen molar-refractivity contribution >= 4 is 11.6 Å². The van der Waals surface area contributed by atoms with Gasteiger partial charge in [0.15, 0.2) is 11.5 Å². The van der Waals surface area contributed by atoms with Gasteiger partial charge < -0.3 is 9.47 Å². The molecule has 0 spiro atoms. The molecule has 1 aliphatic heterocycles. The average Bonchev–Trinajstić information content (AvgIpc) is 2.50. The van der Waals surface area contributed by atoms with Crippen molar-refractivity contribution in [1.82, 2.24) is 5.43 Å². The molecule has 5 nitrogen and oxygen atoms in total. The van der Waals surface area contributed by atoms with E-state index in [0.717, 1.165) is 18.6 Å².